The van der Waals surface area contributed by atoms with Crippen LogP contribution in [0, 0.1) is 11.3 Å². The molecular weight excluding hydrogens is 309 g/mol. The van der Waals surface area contributed by atoms with Gasteiger partial charge in [0.1, 0.15) is 11.3 Å². The first-order chi connectivity index (χ1) is 9.25. The summed E-state index contributed by atoms with van der Waals surface area (Å²) in [5, 5.41) is 7.64. The first-order valence-corrected chi connectivity index (χ1v) is 7.30. The summed E-state index contributed by atoms with van der Waals surface area (Å²) in [5.41, 5.74) is 5.85. The summed E-state index contributed by atoms with van der Waals surface area (Å²) in [6.45, 7) is -0.339. The fourth-order valence-corrected chi connectivity index (χ4v) is 2.90. The molecule has 1 aliphatic rings. The van der Waals surface area contributed by atoms with Crippen molar-refractivity contribution in [2.45, 2.75) is 11.7 Å². The number of nitriles is 1. The van der Waals surface area contributed by atoms with Gasteiger partial charge in [0.15, 0.2) is 0 Å². The Morgan fingerprint density at radius 1 is 1.50 bits per heavy atom. The van der Waals surface area contributed by atoms with Gasteiger partial charge in [0, 0.05) is 13.0 Å². The van der Waals surface area contributed by atoms with Gasteiger partial charge < -0.3 is 10.6 Å². The van der Waals surface area contributed by atoms with Gasteiger partial charge in [0.2, 0.25) is 5.91 Å². The largest absolute Gasteiger partial charge is 0.396 e. The van der Waals surface area contributed by atoms with Crippen molar-refractivity contribution in [1.82, 2.24) is 0 Å². The minimum absolute atomic E-state index is 0.0106. The molecular formula is C11H9ClFN3O3S. The lowest BCUT2D eigenvalue weighted by Crippen LogP contribution is -2.27. The molecule has 1 fully saturated rings. The molecule has 1 amide bonds. The molecule has 6 nitrogen and oxygen atoms in total. The van der Waals surface area contributed by atoms with Gasteiger partial charge in [-0.15, -0.1) is 3.89 Å². The number of carbonyl (C=O) groups is 1. The predicted molar refractivity (Wildman–Crippen MR) is 71.4 cm³/mol. The second-order valence-electron chi connectivity index (χ2n) is 4.27. The molecule has 0 aromatic heterocycles. The van der Waals surface area contributed by atoms with Crippen LogP contribution in [0.5, 0.6) is 0 Å². The Bertz CT molecular complexity index is 729. The molecule has 0 radical (unpaired) electrons. The normalized spacial score (nSPS) is 19.1. The summed E-state index contributed by atoms with van der Waals surface area (Å²) in [6.07, 6.45) is -0.456. The molecule has 1 aliphatic heterocycles. The Morgan fingerprint density at radius 2 is 2.15 bits per heavy atom. The van der Waals surface area contributed by atoms with Crippen LogP contribution in [0.1, 0.15) is 12.0 Å². The summed E-state index contributed by atoms with van der Waals surface area (Å²) >= 11 is 5.78. The van der Waals surface area contributed by atoms with Crippen molar-refractivity contribution in [2.24, 2.45) is 0 Å². The van der Waals surface area contributed by atoms with Crippen LogP contribution in [0.3, 0.4) is 0 Å². The molecule has 1 aromatic rings. The standard InChI is InChI=1S/C11H9ClFN3O3S/c12-8-1-2-9(11(15)7(8)4-14)16-5-6(3-10(16)17)20(13,18)19/h1-2,6H,3,5,15H2. The van der Waals surface area contributed by atoms with Crippen molar-refractivity contribution in [3.63, 3.8) is 0 Å². The molecule has 106 valence electrons. The van der Waals surface area contributed by atoms with Crippen molar-refractivity contribution in [3.8, 4) is 6.07 Å². The van der Waals surface area contributed by atoms with Crippen LogP contribution in [-0.4, -0.2) is 26.1 Å². The van der Waals surface area contributed by atoms with E-state index in [1.807, 2.05) is 0 Å². The van der Waals surface area contributed by atoms with Crippen LogP contribution in [0.25, 0.3) is 0 Å². The minimum Gasteiger partial charge on any atom is -0.396 e. The third-order valence-electron chi connectivity index (χ3n) is 3.06. The molecule has 0 bridgehead atoms. The second kappa shape index (κ2) is 4.92. The van der Waals surface area contributed by atoms with Gasteiger partial charge in [0.05, 0.1) is 22.0 Å². The van der Waals surface area contributed by atoms with E-state index in [-0.39, 0.29) is 28.5 Å². The highest BCUT2D eigenvalue weighted by molar-refractivity contribution is 7.87. The smallest absolute Gasteiger partial charge is 0.307 e. The van der Waals surface area contributed by atoms with Crippen molar-refractivity contribution in [1.29, 1.82) is 5.26 Å². The van der Waals surface area contributed by atoms with E-state index in [4.69, 9.17) is 22.6 Å². The zero-order chi connectivity index (χ0) is 15.1. The van der Waals surface area contributed by atoms with Crippen molar-refractivity contribution in [3.05, 3.63) is 22.7 Å². The second-order valence-corrected chi connectivity index (χ2v) is 6.30. The molecule has 1 unspecified atom stereocenters. The fourth-order valence-electron chi connectivity index (χ4n) is 2.03. The maximum atomic E-state index is 13.0. The van der Waals surface area contributed by atoms with E-state index in [2.05, 4.69) is 0 Å². The topological polar surface area (TPSA) is 104 Å². The lowest BCUT2D eigenvalue weighted by molar-refractivity contribution is -0.117. The predicted octanol–water partition coefficient (Wildman–Crippen LogP) is 1.20. The first kappa shape index (κ1) is 14.6. The van der Waals surface area contributed by atoms with E-state index in [9.17, 15) is 17.1 Å². The molecule has 1 atom stereocenters. The highest BCUT2D eigenvalue weighted by Gasteiger charge is 2.39. The molecule has 1 heterocycles. The summed E-state index contributed by atoms with van der Waals surface area (Å²) < 4.78 is 34.7. The van der Waals surface area contributed by atoms with E-state index < -0.39 is 27.8 Å². The van der Waals surface area contributed by atoms with Gasteiger partial charge in [-0.05, 0) is 12.1 Å². The molecule has 2 rings (SSSR count). The Hall–Kier alpha value is -1.85. The SMILES string of the molecule is N#Cc1c(Cl)ccc(N2CC(S(=O)(=O)F)CC2=O)c1N. The van der Waals surface area contributed by atoms with Crippen LogP contribution in [0.4, 0.5) is 15.3 Å². The Kier molecular flexibility index (Phi) is 3.58. The number of benzene rings is 1. The molecule has 0 saturated carbocycles. The number of carbonyl (C=O) groups excluding carboxylic acids is 1. The molecule has 2 N–H and O–H groups in total. The van der Waals surface area contributed by atoms with E-state index >= 15 is 0 Å². The maximum Gasteiger partial charge on any atom is 0.307 e. The van der Waals surface area contributed by atoms with E-state index in [1.54, 1.807) is 6.07 Å². The van der Waals surface area contributed by atoms with Crippen LogP contribution in [0.2, 0.25) is 5.02 Å². The lowest BCUT2D eigenvalue weighted by Gasteiger charge is -2.19. The monoisotopic (exact) mass is 317 g/mol. The van der Waals surface area contributed by atoms with Crippen LogP contribution < -0.4 is 10.6 Å². The Morgan fingerprint density at radius 3 is 2.65 bits per heavy atom. The summed E-state index contributed by atoms with van der Waals surface area (Å²) in [4.78, 5) is 12.8. The van der Waals surface area contributed by atoms with E-state index in [0.717, 1.165) is 4.90 Å². The third kappa shape index (κ3) is 2.42. The summed E-state index contributed by atoms with van der Waals surface area (Å²) in [5.74, 6) is -0.575. The molecule has 9 heteroatoms. The molecule has 0 spiro atoms. The molecule has 0 aliphatic carbocycles. The minimum atomic E-state index is -4.81. The first-order valence-electron chi connectivity index (χ1n) is 5.47. The average molecular weight is 318 g/mol. The van der Waals surface area contributed by atoms with Crippen molar-refractivity contribution < 1.29 is 17.1 Å². The average Bonchev–Trinajstić information content (AvgIpc) is 2.72. The number of nitrogen functional groups attached to an aromatic ring is 1. The van der Waals surface area contributed by atoms with E-state index in [1.165, 1.54) is 12.1 Å². The van der Waals surface area contributed by atoms with Crippen molar-refractivity contribution in [2.75, 3.05) is 17.2 Å². The van der Waals surface area contributed by atoms with Gasteiger partial charge in [-0.2, -0.15) is 13.7 Å². The fraction of sp³-hybridized carbons (Fsp3) is 0.273. The quantitative estimate of drug-likeness (QED) is 0.652. The van der Waals surface area contributed by atoms with Gasteiger partial charge in [0.25, 0.3) is 0 Å². The third-order valence-corrected chi connectivity index (χ3v) is 4.49. The molecule has 20 heavy (non-hydrogen) atoms. The Balaban J connectivity index is 2.44. The highest BCUT2D eigenvalue weighted by atomic mass is 35.5. The number of anilines is 2. The number of nitrogens with zero attached hydrogens (tertiary/aromatic N) is 2. The number of rotatable bonds is 2. The van der Waals surface area contributed by atoms with Crippen LogP contribution >= 0.6 is 11.6 Å². The molecule has 1 saturated heterocycles. The molecule has 1 aromatic carbocycles. The lowest BCUT2D eigenvalue weighted by atomic mass is 10.1. The van der Waals surface area contributed by atoms with Gasteiger partial charge in [-0.3, -0.25) is 4.79 Å². The number of nitrogens with two attached hydrogens (primary N) is 1. The summed E-state index contributed by atoms with van der Waals surface area (Å²) in [7, 11) is -4.81. The number of halogens is 2. The Labute approximate surface area is 119 Å². The van der Waals surface area contributed by atoms with Crippen LogP contribution in [0.15, 0.2) is 12.1 Å². The van der Waals surface area contributed by atoms with Crippen LogP contribution in [-0.2, 0) is 15.0 Å². The highest BCUT2D eigenvalue weighted by Crippen LogP contribution is 2.35. The van der Waals surface area contributed by atoms with Gasteiger partial charge >= 0.3 is 10.2 Å². The zero-order valence-electron chi connectivity index (χ0n) is 10.0. The van der Waals surface area contributed by atoms with Gasteiger partial charge in [-0.25, -0.2) is 0 Å². The summed E-state index contributed by atoms with van der Waals surface area (Å²) in [6, 6.07) is 4.56. The number of amides is 1. The number of hydrogen-bond acceptors (Lipinski definition) is 5. The van der Waals surface area contributed by atoms with Crippen molar-refractivity contribution >= 4 is 39.1 Å². The zero-order valence-corrected chi connectivity index (χ0v) is 11.6. The van der Waals surface area contributed by atoms with E-state index in [0.29, 0.717) is 0 Å². The number of hydrogen-bond donors (Lipinski definition) is 1. The van der Waals surface area contributed by atoms with Gasteiger partial charge in [-0.1, -0.05) is 11.6 Å². The maximum absolute atomic E-state index is 13.0.